The van der Waals surface area contributed by atoms with E-state index in [1.54, 1.807) is 0 Å². The zero-order valence-electron chi connectivity index (χ0n) is 12.3. The molecule has 0 heterocycles. The molecule has 1 aromatic rings. The largest absolute Gasteiger partial charge is 0.494 e. The summed E-state index contributed by atoms with van der Waals surface area (Å²) in [6, 6.07) is 8.41. The van der Waals surface area contributed by atoms with Crippen LogP contribution in [0.1, 0.15) is 59.4 Å². The Labute approximate surface area is 107 Å². The van der Waals surface area contributed by atoms with Crippen LogP contribution in [0, 0.1) is 5.92 Å². The van der Waals surface area contributed by atoms with Crippen molar-refractivity contribution in [3.05, 3.63) is 29.8 Å². The van der Waals surface area contributed by atoms with E-state index in [0.29, 0.717) is 11.8 Å². The molecule has 0 N–H and O–H groups in total. The Kier molecular flexibility index (Phi) is 8.57. The van der Waals surface area contributed by atoms with Gasteiger partial charge in [-0.1, -0.05) is 52.8 Å². The predicted octanol–water partition coefficient (Wildman–Crippen LogP) is 5.26. The molecule has 0 saturated heterocycles. The molecule has 98 valence electrons. The van der Waals surface area contributed by atoms with E-state index in [1.165, 1.54) is 12.0 Å². The number of ether oxygens (including phenoxy) is 1. The molecule has 1 heteroatoms. The Hall–Kier alpha value is -0.980. The number of hydrogen-bond donors (Lipinski definition) is 0. The van der Waals surface area contributed by atoms with Gasteiger partial charge in [-0.05, 0) is 36.8 Å². The first-order valence-corrected chi connectivity index (χ1v) is 6.92. The van der Waals surface area contributed by atoms with Gasteiger partial charge in [0.25, 0.3) is 0 Å². The van der Waals surface area contributed by atoms with Crippen LogP contribution in [0.15, 0.2) is 24.3 Å². The van der Waals surface area contributed by atoms with Gasteiger partial charge in [0.1, 0.15) is 5.75 Å². The number of para-hydroxylation sites is 1. The molecule has 0 spiro atoms. The van der Waals surface area contributed by atoms with E-state index < -0.39 is 0 Å². The molecular weight excluding hydrogens is 208 g/mol. The smallest absolute Gasteiger partial charge is 0.122 e. The van der Waals surface area contributed by atoms with Gasteiger partial charge in [0.2, 0.25) is 0 Å². The molecule has 0 bridgehead atoms. The molecule has 1 rings (SSSR count). The van der Waals surface area contributed by atoms with E-state index in [1.807, 2.05) is 26.8 Å². The highest BCUT2D eigenvalue weighted by Crippen LogP contribution is 2.33. The summed E-state index contributed by atoms with van der Waals surface area (Å²) in [6.45, 7) is 13.6. The summed E-state index contributed by atoms with van der Waals surface area (Å²) < 4.78 is 5.67. The number of benzene rings is 1. The van der Waals surface area contributed by atoms with Crippen molar-refractivity contribution in [3.8, 4) is 5.75 Å². The summed E-state index contributed by atoms with van der Waals surface area (Å²) in [5, 5.41) is 0. The highest BCUT2D eigenvalue weighted by molar-refractivity contribution is 5.36. The van der Waals surface area contributed by atoms with Gasteiger partial charge in [-0.3, -0.25) is 0 Å². The fourth-order valence-corrected chi connectivity index (χ4v) is 2.12. The van der Waals surface area contributed by atoms with Crippen molar-refractivity contribution in [2.24, 2.45) is 5.92 Å². The summed E-state index contributed by atoms with van der Waals surface area (Å²) in [5.41, 5.74) is 1.36. The molecule has 0 amide bonds. The average molecular weight is 236 g/mol. The zero-order valence-corrected chi connectivity index (χ0v) is 12.3. The van der Waals surface area contributed by atoms with Crippen molar-refractivity contribution in [3.63, 3.8) is 0 Å². The molecule has 0 saturated carbocycles. The molecule has 17 heavy (non-hydrogen) atoms. The molecule has 0 fully saturated rings. The van der Waals surface area contributed by atoms with Crippen LogP contribution in [0.5, 0.6) is 5.75 Å². The van der Waals surface area contributed by atoms with Gasteiger partial charge >= 0.3 is 0 Å². The van der Waals surface area contributed by atoms with Crippen molar-refractivity contribution in [1.29, 1.82) is 0 Å². The van der Waals surface area contributed by atoms with Crippen LogP contribution in [0.3, 0.4) is 0 Å². The van der Waals surface area contributed by atoms with Gasteiger partial charge in [-0.15, -0.1) is 0 Å². The lowest BCUT2D eigenvalue weighted by Gasteiger charge is -2.22. The zero-order chi connectivity index (χ0) is 13.3. The first-order valence-electron chi connectivity index (χ1n) is 6.92. The molecule has 0 aromatic heterocycles. The Bertz CT molecular complexity index is 291. The maximum absolute atomic E-state index is 5.67. The van der Waals surface area contributed by atoms with E-state index in [0.717, 1.165) is 12.4 Å². The highest BCUT2D eigenvalue weighted by Gasteiger charge is 2.17. The van der Waals surface area contributed by atoms with Crippen molar-refractivity contribution >= 4 is 0 Å². The van der Waals surface area contributed by atoms with Crippen LogP contribution in [0.4, 0.5) is 0 Å². The molecule has 1 atom stereocenters. The van der Waals surface area contributed by atoms with Gasteiger partial charge in [0.05, 0.1) is 6.61 Å². The van der Waals surface area contributed by atoms with Crippen LogP contribution in [-0.2, 0) is 0 Å². The van der Waals surface area contributed by atoms with Crippen molar-refractivity contribution in [2.75, 3.05) is 6.61 Å². The molecule has 0 aliphatic carbocycles. The average Bonchev–Trinajstić information content (AvgIpc) is 2.35. The Morgan fingerprint density at radius 1 is 1.06 bits per heavy atom. The van der Waals surface area contributed by atoms with E-state index in [4.69, 9.17) is 4.74 Å². The normalized spacial score (nSPS) is 11.7. The Morgan fingerprint density at radius 2 is 1.65 bits per heavy atom. The lowest BCUT2D eigenvalue weighted by Crippen LogP contribution is -2.08. The van der Waals surface area contributed by atoms with E-state index in [9.17, 15) is 0 Å². The Balaban J connectivity index is 0.00000121. The third kappa shape index (κ3) is 4.80. The van der Waals surface area contributed by atoms with E-state index >= 15 is 0 Å². The third-order valence-electron chi connectivity index (χ3n) is 2.86. The second kappa shape index (κ2) is 9.09. The first-order chi connectivity index (χ1) is 8.20. The minimum atomic E-state index is 0.604. The minimum absolute atomic E-state index is 0.604. The second-order valence-corrected chi connectivity index (χ2v) is 4.23. The summed E-state index contributed by atoms with van der Waals surface area (Å²) in [6.07, 6.45) is 1.17. The van der Waals surface area contributed by atoms with E-state index in [2.05, 4.69) is 39.0 Å². The number of rotatable bonds is 5. The maximum Gasteiger partial charge on any atom is 0.122 e. The monoisotopic (exact) mass is 236 g/mol. The molecular formula is C16H28O. The lowest BCUT2D eigenvalue weighted by molar-refractivity contribution is 0.329. The maximum atomic E-state index is 5.67. The molecule has 0 aliphatic rings. The summed E-state index contributed by atoms with van der Waals surface area (Å²) in [4.78, 5) is 0. The van der Waals surface area contributed by atoms with Gasteiger partial charge in [0, 0.05) is 0 Å². The predicted molar refractivity (Wildman–Crippen MR) is 76.8 cm³/mol. The molecule has 0 radical (unpaired) electrons. The first kappa shape index (κ1) is 16.0. The van der Waals surface area contributed by atoms with E-state index in [-0.39, 0.29) is 0 Å². The van der Waals surface area contributed by atoms with Crippen LogP contribution in [0.25, 0.3) is 0 Å². The van der Waals surface area contributed by atoms with Crippen LogP contribution < -0.4 is 4.74 Å². The molecule has 1 aromatic carbocycles. The quantitative estimate of drug-likeness (QED) is 0.677. The fourth-order valence-electron chi connectivity index (χ4n) is 2.12. The third-order valence-corrected chi connectivity index (χ3v) is 2.86. The highest BCUT2D eigenvalue weighted by atomic mass is 16.5. The molecule has 1 nitrogen and oxygen atoms in total. The number of hydrogen-bond acceptors (Lipinski definition) is 1. The van der Waals surface area contributed by atoms with Crippen molar-refractivity contribution in [2.45, 2.75) is 53.9 Å². The van der Waals surface area contributed by atoms with Crippen molar-refractivity contribution in [1.82, 2.24) is 0 Å². The SMILES string of the molecule is CC.CCOc1ccccc1C(CC)C(C)C. The van der Waals surface area contributed by atoms with Crippen LogP contribution in [0.2, 0.25) is 0 Å². The summed E-state index contributed by atoms with van der Waals surface area (Å²) in [7, 11) is 0. The molecule has 1 unspecified atom stereocenters. The lowest BCUT2D eigenvalue weighted by atomic mass is 9.86. The minimum Gasteiger partial charge on any atom is -0.494 e. The summed E-state index contributed by atoms with van der Waals surface area (Å²) in [5.74, 6) is 2.32. The Morgan fingerprint density at radius 3 is 2.12 bits per heavy atom. The van der Waals surface area contributed by atoms with Crippen LogP contribution >= 0.6 is 0 Å². The topological polar surface area (TPSA) is 9.23 Å². The van der Waals surface area contributed by atoms with Gasteiger partial charge in [-0.25, -0.2) is 0 Å². The van der Waals surface area contributed by atoms with Crippen molar-refractivity contribution < 1.29 is 4.74 Å². The van der Waals surface area contributed by atoms with Gasteiger partial charge < -0.3 is 4.74 Å². The van der Waals surface area contributed by atoms with Gasteiger partial charge in [-0.2, -0.15) is 0 Å². The van der Waals surface area contributed by atoms with Gasteiger partial charge in [0.15, 0.2) is 0 Å². The van der Waals surface area contributed by atoms with Crippen LogP contribution in [-0.4, -0.2) is 6.61 Å². The fraction of sp³-hybridized carbons (Fsp3) is 0.625. The standard InChI is InChI=1S/C14H22O.C2H6/c1-5-12(11(3)4)13-9-7-8-10-14(13)15-6-2;1-2/h7-12H,5-6H2,1-4H3;1-2H3. The second-order valence-electron chi connectivity index (χ2n) is 4.23. The summed E-state index contributed by atoms with van der Waals surface area (Å²) >= 11 is 0. The molecule has 0 aliphatic heterocycles.